The minimum absolute atomic E-state index is 0.0183. The van der Waals surface area contributed by atoms with Crippen molar-refractivity contribution in [1.29, 1.82) is 0 Å². The summed E-state index contributed by atoms with van der Waals surface area (Å²) in [6, 6.07) is 8.74. The van der Waals surface area contributed by atoms with E-state index in [1.165, 1.54) is 16.7 Å². The van der Waals surface area contributed by atoms with Crippen LogP contribution in [-0.2, 0) is 25.7 Å². The summed E-state index contributed by atoms with van der Waals surface area (Å²) < 4.78 is 6.20. The number of esters is 1. The lowest BCUT2D eigenvalue weighted by molar-refractivity contribution is -0.235. The fourth-order valence-corrected chi connectivity index (χ4v) is 13.9. The predicted octanol–water partition coefficient (Wildman–Crippen LogP) is 9.11. The summed E-state index contributed by atoms with van der Waals surface area (Å²) in [5, 5.41) is 22.4. The molecule has 0 amide bonds. The van der Waals surface area contributed by atoms with E-state index in [0.717, 1.165) is 76.6 Å². The average molecular weight is 789 g/mol. The number of carboxylic acids is 1. The molecular formula is C49H76N2O6. The molecule has 4 saturated carbocycles. The molecule has 4 fully saturated rings. The Hall–Kier alpha value is -2.55. The molecule has 57 heavy (non-hydrogen) atoms. The van der Waals surface area contributed by atoms with E-state index >= 15 is 0 Å². The van der Waals surface area contributed by atoms with Crippen LogP contribution in [0.2, 0.25) is 0 Å². The Labute approximate surface area is 344 Å². The highest BCUT2D eigenvalue weighted by Gasteiger charge is 2.71. The number of hydrogen-bond donors (Lipinski definition) is 2. The number of carbonyl (C=O) groups excluding carboxylic acids is 2. The van der Waals surface area contributed by atoms with Gasteiger partial charge in [0.15, 0.2) is 5.78 Å². The zero-order valence-corrected chi connectivity index (χ0v) is 37.6. The minimum atomic E-state index is -1.17. The molecule has 0 heterocycles. The molecule has 0 bridgehead atoms. The number of ketones is 1. The van der Waals surface area contributed by atoms with Gasteiger partial charge in [-0.1, -0.05) is 83.9 Å². The van der Waals surface area contributed by atoms with Gasteiger partial charge in [-0.05, 0) is 137 Å². The molecule has 5 aliphatic rings. The number of Topliss-reactive ketones (excluding diaryl/α,β-unsaturated/α-hetero) is 1. The number of ether oxygens (including phenoxy) is 1. The van der Waals surface area contributed by atoms with Crippen LogP contribution < -0.4 is 0 Å². The molecule has 0 aromatic heterocycles. The van der Waals surface area contributed by atoms with Crippen molar-refractivity contribution in [3.05, 3.63) is 46.5 Å². The second kappa shape index (κ2) is 15.5. The normalized spacial score (nSPS) is 35.5. The fraction of sp³-hybridized carbons (Fsp3) is 0.776. The van der Waals surface area contributed by atoms with Gasteiger partial charge in [-0.25, -0.2) is 0 Å². The average Bonchev–Trinajstić information content (AvgIpc) is 3.42. The van der Waals surface area contributed by atoms with Crippen LogP contribution in [0.25, 0.3) is 0 Å². The van der Waals surface area contributed by atoms with Gasteiger partial charge in [0.25, 0.3) is 0 Å². The van der Waals surface area contributed by atoms with Crippen LogP contribution in [0.5, 0.6) is 0 Å². The lowest BCUT2D eigenvalue weighted by atomic mass is 9.33. The van der Waals surface area contributed by atoms with E-state index in [4.69, 9.17) is 4.74 Å². The van der Waals surface area contributed by atoms with Gasteiger partial charge in [0.05, 0.1) is 17.9 Å². The van der Waals surface area contributed by atoms with Gasteiger partial charge >= 0.3 is 11.9 Å². The van der Waals surface area contributed by atoms with E-state index in [-0.39, 0.29) is 51.8 Å². The van der Waals surface area contributed by atoms with E-state index in [1.54, 1.807) is 13.8 Å². The molecule has 318 valence electrons. The smallest absolute Gasteiger partial charge is 0.309 e. The first-order valence-electron chi connectivity index (χ1n) is 22.2. The first kappa shape index (κ1) is 44.0. The van der Waals surface area contributed by atoms with Crippen molar-refractivity contribution in [1.82, 2.24) is 9.80 Å². The quantitative estimate of drug-likeness (QED) is 0.191. The predicted molar refractivity (Wildman–Crippen MR) is 226 cm³/mol. The Morgan fingerprint density at radius 3 is 2.18 bits per heavy atom. The van der Waals surface area contributed by atoms with Crippen molar-refractivity contribution < 1.29 is 29.3 Å². The van der Waals surface area contributed by atoms with Gasteiger partial charge in [0, 0.05) is 43.4 Å². The molecular weight excluding hydrogens is 713 g/mol. The SMILES string of the molecule is Cc1ccc(CN(CCN(C)C)C[C@H](O)[C@@]23CC[C@]4(C)[C@H](CC[C@@H]5[C@@]6(C)CC[C@H](OC(=O)CC(C)(C)C(=O)O)C(C)(C)[C@@H]6CC[C@]54C)C2=C(C(C)C)C(=O)C3)cc1. The van der Waals surface area contributed by atoms with Crippen molar-refractivity contribution >= 4 is 17.7 Å². The minimum Gasteiger partial charge on any atom is -0.481 e. The Morgan fingerprint density at radius 2 is 1.56 bits per heavy atom. The molecule has 0 radical (unpaired) electrons. The van der Waals surface area contributed by atoms with Crippen molar-refractivity contribution in [2.45, 2.75) is 152 Å². The summed E-state index contributed by atoms with van der Waals surface area (Å²) in [6.45, 7) is 24.9. The molecule has 6 rings (SSSR count). The molecule has 0 spiro atoms. The van der Waals surface area contributed by atoms with Crippen LogP contribution in [0.4, 0.5) is 0 Å². The van der Waals surface area contributed by atoms with Crippen molar-refractivity contribution in [2.24, 2.45) is 56.2 Å². The number of rotatable bonds is 13. The first-order chi connectivity index (χ1) is 26.4. The Morgan fingerprint density at radius 1 is 0.895 bits per heavy atom. The fourth-order valence-electron chi connectivity index (χ4n) is 13.9. The van der Waals surface area contributed by atoms with Crippen LogP contribution >= 0.6 is 0 Å². The van der Waals surface area contributed by atoms with Crippen LogP contribution in [-0.4, -0.2) is 83.7 Å². The lowest BCUT2D eigenvalue weighted by Crippen LogP contribution is -2.66. The van der Waals surface area contributed by atoms with E-state index in [1.807, 2.05) is 0 Å². The maximum atomic E-state index is 14.3. The van der Waals surface area contributed by atoms with Gasteiger partial charge in [-0.15, -0.1) is 0 Å². The summed E-state index contributed by atoms with van der Waals surface area (Å²) in [5.74, 6) is 0.0696. The highest BCUT2D eigenvalue weighted by Crippen LogP contribution is 2.77. The van der Waals surface area contributed by atoms with Gasteiger partial charge in [0.2, 0.25) is 0 Å². The molecule has 5 aliphatic carbocycles. The molecule has 9 atom stereocenters. The van der Waals surface area contributed by atoms with Crippen LogP contribution in [0, 0.1) is 63.1 Å². The molecule has 0 saturated heterocycles. The zero-order valence-electron chi connectivity index (χ0n) is 37.6. The van der Waals surface area contributed by atoms with E-state index in [0.29, 0.717) is 24.8 Å². The van der Waals surface area contributed by atoms with Gasteiger partial charge in [-0.2, -0.15) is 0 Å². The second-order valence-corrected chi connectivity index (χ2v) is 22.1. The summed E-state index contributed by atoms with van der Waals surface area (Å²) in [6.07, 6.45) is 7.28. The maximum absolute atomic E-state index is 14.3. The number of allylic oxidation sites excluding steroid dienone is 1. The maximum Gasteiger partial charge on any atom is 0.309 e. The van der Waals surface area contributed by atoms with E-state index in [2.05, 4.69) is 104 Å². The summed E-state index contributed by atoms with van der Waals surface area (Å²) in [4.78, 5) is 43.9. The van der Waals surface area contributed by atoms with Crippen LogP contribution in [0.3, 0.4) is 0 Å². The summed E-state index contributed by atoms with van der Waals surface area (Å²) in [5.41, 5.74) is 2.96. The van der Waals surface area contributed by atoms with Crippen molar-refractivity contribution in [3.8, 4) is 0 Å². The Balaban J connectivity index is 1.29. The van der Waals surface area contributed by atoms with Crippen LogP contribution in [0.15, 0.2) is 35.4 Å². The monoisotopic (exact) mass is 789 g/mol. The molecule has 1 aromatic rings. The number of likely N-dealkylation sites (N-methyl/N-ethyl adjacent to an activating group) is 1. The third-order valence-electron chi connectivity index (χ3n) is 17.3. The van der Waals surface area contributed by atoms with Crippen LogP contribution in [0.1, 0.15) is 138 Å². The molecule has 0 unspecified atom stereocenters. The Bertz CT molecular complexity index is 1730. The van der Waals surface area contributed by atoms with E-state index < -0.39 is 28.9 Å². The number of aliphatic hydroxyl groups excluding tert-OH is 1. The number of carbonyl (C=O) groups is 3. The summed E-state index contributed by atoms with van der Waals surface area (Å²) in [7, 11) is 4.20. The molecule has 0 aliphatic heterocycles. The van der Waals surface area contributed by atoms with Crippen molar-refractivity contribution in [3.63, 3.8) is 0 Å². The number of aliphatic carboxylic acids is 1. The number of aryl methyl sites for hydroxylation is 1. The number of hydrogen-bond acceptors (Lipinski definition) is 7. The van der Waals surface area contributed by atoms with E-state index in [9.17, 15) is 24.6 Å². The second-order valence-electron chi connectivity index (χ2n) is 22.1. The first-order valence-corrected chi connectivity index (χ1v) is 22.2. The lowest BCUT2D eigenvalue weighted by Gasteiger charge is -2.72. The third-order valence-corrected chi connectivity index (χ3v) is 17.3. The number of carboxylic acid groups (broad SMARTS) is 1. The van der Waals surface area contributed by atoms with Gasteiger partial charge in [0.1, 0.15) is 6.10 Å². The zero-order chi connectivity index (χ0) is 42.1. The van der Waals surface area contributed by atoms with Crippen molar-refractivity contribution in [2.75, 3.05) is 33.7 Å². The molecule has 2 N–H and O–H groups in total. The highest BCUT2D eigenvalue weighted by molar-refractivity contribution is 6.00. The molecule has 8 nitrogen and oxygen atoms in total. The standard InChI is InChI=1S/C49H76N2O6/c1-31(2)41-35(52)27-49(38(53)30-51(26-25-50(11)12)29-33-15-13-32(3)14-16-33)24-23-47(9)34(42(41)49)17-18-37-46(8)21-20-39(57-40(54)28-44(4,5)43(55)56)45(6,7)36(46)19-22-48(37,47)10/h13-16,31,34,36-39,53H,17-30H2,1-12H3,(H,55,56)/t34-,36+,37-,38+,39+,46+,47-,48-,49+/m1/s1. The van der Waals surface area contributed by atoms with Gasteiger partial charge < -0.3 is 19.8 Å². The number of benzene rings is 1. The highest BCUT2D eigenvalue weighted by atomic mass is 16.5. The number of nitrogens with zero attached hydrogens (tertiary/aromatic N) is 2. The molecule has 8 heteroatoms. The number of aliphatic hydroxyl groups is 1. The number of fused-ring (bicyclic) bond motifs is 7. The topological polar surface area (TPSA) is 107 Å². The molecule has 1 aromatic carbocycles. The van der Waals surface area contributed by atoms with Gasteiger partial charge in [-0.3, -0.25) is 19.3 Å². The Kier molecular flexibility index (Phi) is 12.0. The largest absolute Gasteiger partial charge is 0.481 e. The third kappa shape index (κ3) is 7.49. The summed E-state index contributed by atoms with van der Waals surface area (Å²) >= 11 is 0.